The highest BCUT2D eigenvalue weighted by Crippen LogP contribution is 2.30. The molecule has 0 aliphatic carbocycles. The number of benzene rings is 1. The summed E-state index contributed by atoms with van der Waals surface area (Å²) in [4.78, 5) is 28.6. The quantitative estimate of drug-likeness (QED) is 0.400. The Labute approximate surface area is 201 Å². The summed E-state index contributed by atoms with van der Waals surface area (Å²) < 4.78 is 38.6. The number of rotatable bonds is 8. The Kier molecular flexibility index (Phi) is 8.57. The van der Waals surface area contributed by atoms with E-state index in [-0.39, 0.29) is 19.6 Å². The van der Waals surface area contributed by atoms with Gasteiger partial charge >= 0.3 is 12.1 Å². The first-order chi connectivity index (χ1) is 16.1. The van der Waals surface area contributed by atoms with E-state index >= 15 is 0 Å². The summed E-state index contributed by atoms with van der Waals surface area (Å²) in [6.07, 6.45) is 0.214. The molecule has 186 valence electrons. The molecule has 0 bridgehead atoms. The molecule has 9 nitrogen and oxygen atoms in total. The van der Waals surface area contributed by atoms with Crippen molar-refractivity contribution in [1.82, 2.24) is 4.90 Å². The highest BCUT2D eigenvalue weighted by atomic mass is 32.2. The molecule has 2 fully saturated rings. The first kappa shape index (κ1) is 26.0. The Hall–Kier alpha value is -2.61. The van der Waals surface area contributed by atoms with Crippen molar-refractivity contribution in [3.8, 4) is 11.8 Å². The number of morpholine rings is 1. The smallest absolute Gasteiger partial charge is 0.414 e. The molecule has 0 aromatic heterocycles. The number of ether oxygens (including phenoxy) is 3. The van der Waals surface area contributed by atoms with Gasteiger partial charge in [0, 0.05) is 50.0 Å². The molecule has 2 heterocycles. The van der Waals surface area contributed by atoms with Crippen LogP contribution in [0.15, 0.2) is 24.3 Å². The van der Waals surface area contributed by atoms with Gasteiger partial charge in [0.1, 0.15) is 6.10 Å². The molecule has 10 heteroatoms. The second-order valence-electron chi connectivity index (χ2n) is 8.60. The maximum atomic E-state index is 12.5. The molecular formula is C24H32N2O7S. The largest absolute Gasteiger partial charge is 0.465 e. The SMILES string of the molecule is CCOC(=O)C(C)(C[C@H]1CN(c2ccc(C#CCCN3CCOCC3)cc2)C(=O)O1)S(C)(=O)=O. The summed E-state index contributed by atoms with van der Waals surface area (Å²) in [5.41, 5.74) is 1.45. The fourth-order valence-corrected chi connectivity index (χ4v) is 4.72. The standard InChI is InChI=1S/C24H32N2O7S/c1-4-32-22(27)24(2,34(3,29)30)17-21-18-26(23(28)33-21)20-10-8-19(9-11-20)7-5-6-12-25-13-15-31-16-14-25/h8-11,21H,4,6,12-18H2,1-3H3/t21-,24?/m0/s1. The lowest BCUT2D eigenvalue weighted by atomic mass is 10.0. The van der Waals surface area contributed by atoms with Gasteiger partial charge in [-0.3, -0.25) is 14.6 Å². The Morgan fingerprint density at radius 2 is 1.91 bits per heavy atom. The average Bonchev–Trinajstić information content (AvgIpc) is 3.17. The summed E-state index contributed by atoms with van der Waals surface area (Å²) in [7, 11) is -3.81. The van der Waals surface area contributed by atoms with Crippen LogP contribution in [-0.4, -0.2) is 88.5 Å². The van der Waals surface area contributed by atoms with Crippen molar-refractivity contribution in [2.45, 2.75) is 37.5 Å². The monoisotopic (exact) mass is 492 g/mol. The Morgan fingerprint density at radius 1 is 1.24 bits per heavy atom. The van der Waals surface area contributed by atoms with Crippen molar-refractivity contribution in [3.05, 3.63) is 29.8 Å². The number of nitrogens with zero attached hydrogens (tertiary/aromatic N) is 2. The Bertz CT molecular complexity index is 1040. The van der Waals surface area contributed by atoms with Gasteiger partial charge in [-0.2, -0.15) is 0 Å². The molecule has 2 aliphatic heterocycles. The molecule has 1 aromatic rings. The van der Waals surface area contributed by atoms with E-state index in [1.54, 1.807) is 19.1 Å². The first-order valence-corrected chi connectivity index (χ1v) is 13.3. The van der Waals surface area contributed by atoms with Crippen molar-refractivity contribution >= 4 is 27.6 Å². The number of cyclic esters (lactones) is 1. The topological polar surface area (TPSA) is 102 Å². The molecule has 0 radical (unpaired) electrons. The van der Waals surface area contributed by atoms with E-state index in [9.17, 15) is 18.0 Å². The molecule has 1 amide bonds. The molecular weight excluding hydrogens is 460 g/mol. The number of carbonyl (C=O) groups excluding carboxylic acids is 2. The third kappa shape index (κ3) is 6.29. The predicted molar refractivity (Wildman–Crippen MR) is 127 cm³/mol. The summed E-state index contributed by atoms with van der Waals surface area (Å²) in [6, 6.07) is 7.21. The van der Waals surface area contributed by atoms with Crippen LogP contribution in [0.2, 0.25) is 0 Å². The van der Waals surface area contributed by atoms with Gasteiger partial charge in [0.15, 0.2) is 14.6 Å². The molecule has 1 aromatic carbocycles. The van der Waals surface area contributed by atoms with E-state index in [0.717, 1.165) is 51.1 Å². The molecule has 34 heavy (non-hydrogen) atoms. The highest BCUT2D eigenvalue weighted by Gasteiger charge is 2.49. The Balaban J connectivity index is 1.60. The summed E-state index contributed by atoms with van der Waals surface area (Å²) in [5.74, 6) is 5.47. The molecule has 0 spiro atoms. The van der Waals surface area contributed by atoms with Crippen LogP contribution in [0, 0.1) is 11.8 Å². The maximum absolute atomic E-state index is 12.5. The lowest BCUT2D eigenvalue weighted by molar-refractivity contribution is -0.146. The van der Waals surface area contributed by atoms with Crippen LogP contribution in [-0.2, 0) is 28.8 Å². The number of esters is 1. The molecule has 2 atom stereocenters. The number of amides is 1. The van der Waals surface area contributed by atoms with E-state index in [0.29, 0.717) is 5.69 Å². The van der Waals surface area contributed by atoms with Crippen LogP contribution in [0.1, 0.15) is 32.3 Å². The minimum absolute atomic E-state index is 0.0585. The average molecular weight is 493 g/mol. The number of sulfone groups is 1. The normalized spacial score (nSPS) is 20.7. The third-order valence-corrected chi connectivity index (χ3v) is 8.06. The van der Waals surface area contributed by atoms with Gasteiger partial charge in [-0.05, 0) is 38.1 Å². The van der Waals surface area contributed by atoms with Crippen molar-refractivity contribution in [2.75, 3.05) is 57.2 Å². The summed E-state index contributed by atoms with van der Waals surface area (Å²) in [6.45, 7) is 7.43. The minimum atomic E-state index is -3.81. The maximum Gasteiger partial charge on any atom is 0.414 e. The fourth-order valence-electron chi connectivity index (χ4n) is 3.87. The van der Waals surface area contributed by atoms with E-state index < -0.39 is 32.8 Å². The van der Waals surface area contributed by atoms with Gasteiger partial charge in [0.25, 0.3) is 0 Å². The van der Waals surface area contributed by atoms with Crippen molar-refractivity contribution in [3.63, 3.8) is 0 Å². The van der Waals surface area contributed by atoms with E-state index in [1.165, 1.54) is 11.8 Å². The van der Waals surface area contributed by atoms with Crippen LogP contribution in [0.3, 0.4) is 0 Å². The fraction of sp³-hybridized carbons (Fsp3) is 0.583. The number of hydrogen-bond acceptors (Lipinski definition) is 8. The number of hydrogen-bond donors (Lipinski definition) is 0. The zero-order valence-corrected chi connectivity index (χ0v) is 20.7. The predicted octanol–water partition coefficient (Wildman–Crippen LogP) is 1.84. The van der Waals surface area contributed by atoms with Crippen LogP contribution in [0.5, 0.6) is 0 Å². The van der Waals surface area contributed by atoms with Gasteiger partial charge in [0.05, 0.1) is 26.4 Å². The van der Waals surface area contributed by atoms with Crippen LogP contribution in [0.25, 0.3) is 0 Å². The van der Waals surface area contributed by atoms with Gasteiger partial charge in [-0.25, -0.2) is 13.2 Å². The summed E-state index contributed by atoms with van der Waals surface area (Å²) >= 11 is 0. The Morgan fingerprint density at radius 3 is 2.53 bits per heavy atom. The van der Waals surface area contributed by atoms with Crippen LogP contribution < -0.4 is 4.90 Å². The van der Waals surface area contributed by atoms with Crippen molar-refractivity contribution in [2.24, 2.45) is 0 Å². The molecule has 2 saturated heterocycles. The number of anilines is 1. The van der Waals surface area contributed by atoms with Gasteiger partial charge in [-0.1, -0.05) is 11.8 Å². The second kappa shape index (κ2) is 11.2. The lowest BCUT2D eigenvalue weighted by Crippen LogP contribution is -2.47. The molecule has 0 saturated carbocycles. The van der Waals surface area contributed by atoms with E-state index in [1.807, 2.05) is 12.1 Å². The first-order valence-electron chi connectivity index (χ1n) is 11.4. The molecule has 0 N–H and O–H groups in total. The minimum Gasteiger partial charge on any atom is -0.465 e. The van der Waals surface area contributed by atoms with Gasteiger partial charge in [-0.15, -0.1) is 0 Å². The molecule has 1 unspecified atom stereocenters. The van der Waals surface area contributed by atoms with Gasteiger partial charge in [0.2, 0.25) is 0 Å². The zero-order chi connectivity index (χ0) is 24.8. The van der Waals surface area contributed by atoms with Crippen LogP contribution >= 0.6 is 0 Å². The lowest BCUT2D eigenvalue weighted by Gasteiger charge is -2.27. The van der Waals surface area contributed by atoms with Crippen LogP contribution in [0.4, 0.5) is 10.5 Å². The second-order valence-corrected chi connectivity index (χ2v) is 11.0. The highest BCUT2D eigenvalue weighted by molar-refractivity contribution is 7.92. The van der Waals surface area contributed by atoms with E-state index in [4.69, 9.17) is 14.2 Å². The van der Waals surface area contributed by atoms with E-state index in [2.05, 4.69) is 16.7 Å². The molecule has 2 aliphatic rings. The van der Waals surface area contributed by atoms with Crippen molar-refractivity contribution < 1.29 is 32.2 Å². The van der Waals surface area contributed by atoms with Gasteiger partial charge < -0.3 is 14.2 Å². The number of carbonyl (C=O) groups is 2. The third-order valence-electron chi connectivity index (χ3n) is 6.09. The molecule has 3 rings (SSSR count). The zero-order valence-electron chi connectivity index (χ0n) is 19.9. The summed E-state index contributed by atoms with van der Waals surface area (Å²) in [5, 5.41) is 0. The van der Waals surface area contributed by atoms with Crippen molar-refractivity contribution in [1.29, 1.82) is 0 Å².